The fourth-order valence-electron chi connectivity index (χ4n) is 2.98. The second-order valence-electron chi connectivity index (χ2n) is 6.23. The third-order valence-corrected chi connectivity index (χ3v) is 4.16. The van der Waals surface area contributed by atoms with Gasteiger partial charge in [0.15, 0.2) is 0 Å². The van der Waals surface area contributed by atoms with E-state index in [2.05, 4.69) is 24.1 Å². The first-order valence-electron chi connectivity index (χ1n) is 7.87. The highest BCUT2D eigenvalue weighted by Crippen LogP contribution is 2.34. The fourth-order valence-corrected chi connectivity index (χ4v) is 2.98. The first-order chi connectivity index (χ1) is 10.5. The number of hydrogen-bond donors (Lipinski definition) is 1. The van der Waals surface area contributed by atoms with Crippen LogP contribution in [0.1, 0.15) is 38.3 Å². The quantitative estimate of drug-likeness (QED) is 0.648. The minimum Gasteiger partial charge on any atom is -0.314 e. The lowest BCUT2D eigenvalue weighted by atomic mass is 9.94. The molecule has 0 amide bonds. The average Bonchev–Trinajstić information content (AvgIpc) is 2.49. The van der Waals surface area contributed by atoms with Gasteiger partial charge in [0.2, 0.25) is 0 Å². The maximum atomic E-state index is 13.4. The van der Waals surface area contributed by atoms with Crippen LogP contribution in [0.5, 0.6) is 0 Å². The number of nitro benzene ring substituents is 1. The van der Waals surface area contributed by atoms with Crippen LogP contribution in [-0.4, -0.2) is 36.0 Å². The van der Waals surface area contributed by atoms with Gasteiger partial charge in [0.1, 0.15) is 5.82 Å². The van der Waals surface area contributed by atoms with Crippen LogP contribution in [-0.2, 0) is 0 Å². The lowest BCUT2D eigenvalue weighted by molar-refractivity contribution is -0.386. The number of piperazine rings is 1. The first-order valence-corrected chi connectivity index (χ1v) is 7.87. The maximum Gasteiger partial charge on any atom is 0.277 e. The summed E-state index contributed by atoms with van der Waals surface area (Å²) in [5, 5.41) is 14.6. The summed E-state index contributed by atoms with van der Waals surface area (Å²) in [6.45, 7) is 7.77. The van der Waals surface area contributed by atoms with E-state index in [1.807, 2.05) is 0 Å². The van der Waals surface area contributed by atoms with Gasteiger partial charge in [-0.25, -0.2) is 4.39 Å². The molecular formula is C16H24FN3O2. The normalized spacial score (nSPS) is 17.6. The Morgan fingerprint density at radius 1 is 1.32 bits per heavy atom. The first kappa shape index (κ1) is 16.8. The summed E-state index contributed by atoms with van der Waals surface area (Å²) in [6.07, 6.45) is 1.84. The van der Waals surface area contributed by atoms with Crippen molar-refractivity contribution in [2.24, 2.45) is 5.92 Å². The van der Waals surface area contributed by atoms with Crippen LogP contribution in [0.15, 0.2) is 18.2 Å². The monoisotopic (exact) mass is 309 g/mol. The Hall–Kier alpha value is -1.53. The summed E-state index contributed by atoms with van der Waals surface area (Å²) >= 11 is 0. The van der Waals surface area contributed by atoms with E-state index >= 15 is 0 Å². The highest BCUT2D eigenvalue weighted by atomic mass is 19.1. The van der Waals surface area contributed by atoms with E-state index < -0.39 is 10.7 Å². The van der Waals surface area contributed by atoms with Crippen LogP contribution in [0.3, 0.4) is 0 Å². The van der Waals surface area contributed by atoms with Gasteiger partial charge in [0.05, 0.1) is 11.0 Å². The van der Waals surface area contributed by atoms with Gasteiger partial charge in [-0.1, -0.05) is 13.8 Å². The molecule has 6 heteroatoms. The van der Waals surface area contributed by atoms with Gasteiger partial charge in [-0.15, -0.1) is 0 Å². The molecule has 1 fully saturated rings. The van der Waals surface area contributed by atoms with E-state index in [-0.39, 0.29) is 11.7 Å². The third-order valence-electron chi connectivity index (χ3n) is 4.16. The van der Waals surface area contributed by atoms with Crippen molar-refractivity contribution in [3.05, 3.63) is 39.7 Å². The van der Waals surface area contributed by atoms with Crippen molar-refractivity contribution in [2.75, 3.05) is 26.2 Å². The topological polar surface area (TPSA) is 58.4 Å². The Kier molecular flexibility index (Phi) is 5.85. The molecule has 0 aromatic heterocycles. The minimum atomic E-state index is -0.557. The van der Waals surface area contributed by atoms with Gasteiger partial charge >= 0.3 is 0 Å². The molecule has 1 saturated heterocycles. The highest BCUT2D eigenvalue weighted by Gasteiger charge is 2.28. The zero-order valence-corrected chi connectivity index (χ0v) is 13.2. The van der Waals surface area contributed by atoms with Gasteiger partial charge in [0.25, 0.3) is 5.69 Å². The number of nitro groups is 1. The predicted octanol–water partition coefficient (Wildman–Crippen LogP) is 3.12. The maximum absolute atomic E-state index is 13.4. The van der Waals surface area contributed by atoms with Gasteiger partial charge < -0.3 is 5.32 Å². The van der Waals surface area contributed by atoms with Crippen molar-refractivity contribution < 1.29 is 9.31 Å². The fraction of sp³-hybridized carbons (Fsp3) is 0.625. The second-order valence-corrected chi connectivity index (χ2v) is 6.23. The SMILES string of the molecule is CC(C)CC[C@H](c1ccc(F)cc1[N+](=O)[O-])N1CCNCC1. The molecule has 122 valence electrons. The minimum absolute atomic E-state index is 0.0227. The number of nitrogens with zero attached hydrogens (tertiary/aromatic N) is 2. The summed E-state index contributed by atoms with van der Waals surface area (Å²) < 4.78 is 13.4. The zero-order chi connectivity index (χ0) is 16.1. The highest BCUT2D eigenvalue weighted by molar-refractivity contribution is 5.42. The molecule has 1 atom stereocenters. The Balaban J connectivity index is 2.32. The number of nitrogens with one attached hydrogen (secondary N) is 1. The molecule has 2 rings (SSSR count). The van der Waals surface area contributed by atoms with Crippen molar-refractivity contribution in [3.63, 3.8) is 0 Å². The second kappa shape index (κ2) is 7.65. The summed E-state index contributed by atoms with van der Waals surface area (Å²) in [5.74, 6) is -0.0247. The van der Waals surface area contributed by atoms with E-state index in [9.17, 15) is 14.5 Å². The molecule has 1 N–H and O–H groups in total. The molecule has 0 spiro atoms. The summed E-state index contributed by atoms with van der Waals surface area (Å²) in [7, 11) is 0. The van der Waals surface area contributed by atoms with Crippen LogP contribution < -0.4 is 5.32 Å². The molecule has 1 aromatic carbocycles. The largest absolute Gasteiger partial charge is 0.314 e. The van der Waals surface area contributed by atoms with Gasteiger partial charge in [-0.05, 0) is 30.9 Å². The Bertz CT molecular complexity index is 516. The van der Waals surface area contributed by atoms with E-state index in [0.717, 1.165) is 45.1 Å². The number of benzene rings is 1. The third kappa shape index (κ3) is 4.24. The van der Waals surface area contributed by atoms with Crippen molar-refractivity contribution in [3.8, 4) is 0 Å². The van der Waals surface area contributed by atoms with Crippen LogP contribution in [0.25, 0.3) is 0 Å². The average molecular weight is 309 g/mol. The number of hydrogen-bond acceptors (Lipinski definition) is 4. The number of rotatable bonds is 6. The van der Waals surface area contributed by atoms with Crippen molar-refractivity contribution >= 4 is 5.69 Å². The van der Waals surface area contributed by atoms with Crippen molar-refractivity contribution in [1.82, 2.24) is 10.2 Å². The molecule has 1 aliphatic rings. The molecule has 1 aliphatic heterocycles. The van der Waals surface area contributed by atoms with Crippen LogP contribution in [0.4, 0.5) is 10.1 Å². The summed E-state index contributed by atoms with van der Waals surface area (Å²) in [5.41, 5.74) is 0.529. The lowest BCUT2D eigenvalue weighted by Crippen LogP contribution is -2.45. The lowest BCUT2D eigenvalue weighted by Gasteiger charge is -2.35. The number of halogens is 1. The molecule has 0 radical (unpaired) electrons. The molecule has 1 heterocycles. The standard InChI is InChI=1S/C16H24FN3O2/c1-12(2)3-6-15(19-9-7-18-8-10-19)14-5-4-13(17)11-16(14)20(21)22/h4-5,11-12,15,18H,3,6-10H2,1-2H3/t15-/m1/s1. The van der Waals surface area contributed by atoms with Crippen molar-refractivity contribution in [1.29, 1.82) is 0 Å². The van der Waals surface area contributed by atoms with Gasteiger partial charge in [-0.2, -0.15) is 0 Å². The van der Waals surface area contributed by atoms with Gasteiger partial charge in [-0.3, -0.25) is 15.0 Å². The zero-order valence-electron chi connectivity index (χ0n) is 13.2. The molecule has 0 bridgehead atoms. The molecule has 0 aliphatic carbocycles. The summed E-state index contributed by atoms with van der Waals surface area (Å²) in [6, 6.07) is 3.93. The molecule has 0 saturated carbocycles. The Morgan fingerprint density at radius 3 is 2.59 bits per heavy atom. The summed E-state index contributed by atoms with van der Waals surface area (Å²) in [4.78, 5) is 13.1. The Morgan fingerprint density at radius 2 is 2.00 bits per heavy atom. The van der Waals surface area contributed by atoms with Crippen LogP contribution >= 0.6 is 0 Å². The molecule has 0 unspecified atom stereocenters. The molecule has 5 nitrogen and oxygen atoms in total. The van der Waals surface area contributed by atoms with Crippen molar-refractivity contribution in [2.45, 2.75) is 32.7 Å². The van der Waals surface area contributed by atoms with E-state index in [1.165, 1.54) is 6.07 Å². The molecule has 22 heavy (non-hydrogen) atoms. The predicted molar refractivity (Wildman–Crippen MR) is 84.3 cm³/mol. The van der Waals surface area contributed by atoms with Crippen LogP contribution in [0, 0.1) is 21.8 Å². The smallest absolute Gasteiger partial charge is 0.277 e. The van der Waals surface area contributed by atoms with E-state index in [4.69, 9.17) is 0 Å². The Labute approximate surface area is 130 Å². The van der Waals surface area contributed by atoms with Gasteiger partial charge in [0, 0.05) is 37.8 Å². The van der Waals surface area contributed by atoms with E-state index in [0.29, 0.717) is 11.5 Å². The van der Waals surface area contributed by atoms with E-state index in [1.54, 1.807) is 6.07 Å². The molecular weight excluding hydrogens is 285 g/mol. The molecule has 1 aromatic rings. The van der Waals surface area contributed by atoms with Crippen LogP contribution in [0.2, 0.25) is 0 Å².